The Hall–Kier alpha value is -1.57. The number of para-hydroxylation sites is 1. The van der Waals surface area contributed by atoms with Gasteiger partial charge in [0.25, 0.3) is 0 Å². The van der Waals surface area contributed by atoms with E-state index in [0.29, 0.717) is 18.3 Å². The maximum Gasteiger partial charge on any atom is 0.178 e. The number of rotatable bonds is 4. The van der Waals surface area contributed by atoms with E-state index in [4.69, 9.17) is 0 Å². The van der Waals surface area contributed by atoms with Crippen LogP contribution in [0.3, 0.4) is 0 Å². The van der Waals surface area contributed by atoms with Crippen LogP contribution in [0.2, 0.25) is 0 Å². The molecule has 2 nitrogen and oxygen atoms in total. The summed E-state index contributed by atoms with van der Waals surface area (Å²) < 4.78 is 0. The minimum absolute atomic E-state index is 0.240. The highest BCUT2D eigenvalue weighted by atomic mass is 16.1. The monoisotopic (exact) mass is 271 g/mol. The summed E-state index contributed by atoms with van der Waals surface area (Å²) in [6, 6.07) is 6.44. The lowest BCUT2D eigenvalue weighted by molar-refractivity contribution is -0.115. The molecule has 0 spiro atoms. The number of carbonyl (C=O) groups excluding carboxylic acids is 1. The van der Waals surface area contributed by atoms with E-state index >= 15 is 0 Å². The minimum Gasteiger partial charge on any atom is -0.352 e. The number of benzene rings is 1. The van der Waals surface area contributed by atoms with Crippen molar-refractivity contribution in [1.82, 2.24) is 0 Å². The summed E-state index contributed by atoms with van der Waals surface area (Å²) in [5.74, 6) is 1.12. The Morgan fingerprint density at radius 1 is 1.05 bits per heavy atom. The van der Waals surface area contributed by atoms with Crippen LogP contribution in [0.25, 0.3) is 0 Å². The van der Waals surface area contributed by atoms with Crippen LogP contribution >= 0.6 is 0 Å². The topological polar surface area (TPSA) is 29.1 Å². The van der Waals surface area contributed by atoms with Crippen molar-refractivity contribution in [1.29, 1.82) is 0 Å². The van der Waals surface area contributed by atoms with Crippen molar-refractivity contribution in [2.75, 3.05) is 5.32 Å². The largest absolute Gasteiger partial charge is 0.352 e. The van der Waals surface area contributed by atoms with Gasteiger partial charge in [0.2, 0.25) is 0 Å². The number of anilines is 1. The van der Waals surface area contributed by atoms with Crippen LogP contribution in [-0.2, 0) is 4.79 Å². The van der Waals surface area contributed by atoms with Gasteiger partial charge >= 0.3 is 0 Å². The van der Waals surface area contributed by atoms with Crippen molar-refractivity contribution in [2.24, 2.45) is 0 Å². The van der Waals surface area contributed by atoms with E-state index in [9.17, 15) is 4.79 Å². The molecule has 20 heavy (non-hydrogen) atoms. The van der Waals surface area contributed by atoms with E-state index in [0.717, 1.165) is 24.2 Å². The Morgan fingerprint density at radius 2 is 1.65 bits per heavy atom. The number of ketones is 1. The van der Waals surface area contributed by atoms with Crippen LogP contribution < -0.4 is 5.32 Å². The second-order valence-electron chi connectivity index (χ2n) is 6.18. The number of allylic oxidation sites excluding steroid dienone is 2. The fraction of sp³-hybridized carbons (Fsp3) is 0.500. The third-order valence-corrected chi connectivity index (χ3v) is 3.89. The lowest BCUT2D eigenvalue weighted by Gasteiger charge is -2.23. The van der Waals surface area contributed by atoms with Gasteiger partial charge in [-0.25, -0.2) is 0 Å². The van der Waals surface area contributed by atoms with Crippen molar-refractivity contribution in [3.05, 3.63) is 41.1 Å². The van der Waals surface area contributed by atoms with Gasteiger partial charge in [0.1, 0.15) is 0 Å². The first-order valence-corrected chi connectivity index (χ1v) is 7.64. The van der Waals surface area contributed by atoms with Gasteiger partial charge in [0, 0.05) is 12.1 Å². The number of hydrogen-bond donors (Lipinski definition) is 1. The highest BCUT2D eigenvalue weighted by Gasteiger charge is 2.18. The van der Waals surface area contributed by atoms with Gasteiger partial charge in [-0.1, -0.05) is 52.0 Å². The second kappa shape index (κ2) is 6.25. The van der Waals surface area contributed by atoms with Crippen molar-refractivity contribution in [2.45, 2.75) is 58.8 Å². The average molecular weight is 271 g/mol. The lowest BCUT2D eigenvalue weighted by atomic mass is 9.92. The summed E-state index contributed by atoms with van der Waals surface area (Å²) in [6.07, 6.45) is 4.69. The fourth-order valence-corrected chi connectivity index (χ4v) is 2.71. The molecule has 0 saturated carbocycles. The molecule has 0 fully saturated rings. The van der Waals surface area contributed by atoms with E-state index in [1.165, 1.54) is 11.1 Å². The predicted octanol–water partition coefficient (Wildman–Crippen LogP) is 4.98. The molecular weight excluding hydrogens is 246 g/mol. The van der Waals surface area contributed by atoms with Crippen molar-refractivity contribution >= 4 is 11.5 Å². The highest BCUT2D eigenvalue weighted by molar-refractivity contribution is 5.99. The van der Waals surface area contributed by atoms with Gasteiger partial charge in [-0.2, -0.15) is 0 Å². The zero-order valence-corrected chi connectivity index (χ0v) is 13.0. The molecule has 1 aromatic rings. The van der Waals surface area contributed by atoms with E-state index in [1.807, 2.05) is 6.08 Å². The van der Waals surface area contributed by atoms with Crippen LogP contribution in [0.5, 0.6) is 0 Å². The summed E-state index contributed by atoms with van der Waals surface area (Å²) in [6.45, 7) is 8.78. The number of Topliss-reactive ketones (excluding diaryl/α,β-unsaturated/α-hetero) is 1. The molecule has 1 N–H and O–H groups in total. The smallest absolute Gasteiger partial charge is 0.178 e. The van der Waals surface area contributed by atoms with Gasteiger partial charge in [-0.3, -0.25) is 4.79 Å². The van der Waals surface area contributed by atoms with Gasteiger partial charge in [0.05, 0.1) is 5.70 Å². The molecule has 0 bridgehead atoms. The standard InChI is InChI=1S/C18H25NO/c1-12(2)14-8-7-9-15(13(3)4)18(14)19-16-10-5-6-11-17(16)20/h7-10,12-13,19H,5-6,11H2,1-4H3. The van der Waals surface area contributed by atoms with Crippen molar-refractivity contribution in [3.8, 4) is 0 Å². The quantitative estimate of drug-likeness (QED) is 0.836. The van der Waals surface area contributed by atoms with Gasteiger partial charge < -0.3 is 5.32 Å². The average Bonchev–Trinajstić information content (AvgIpc) is 2.41. The maximum absolute atomic E-state index is 12.0. The molecule has 1 aliphatic rings. The van der Waals surface area contributed by atoms with Crippen LogP contribution in [0.15, 0.2) is 30.0 Å². The fourth-order valence-electron chi connectivity index (χ4n) is 2.71. The lowest BCUT2D eigenvalue weighted by Crippen LogP contribution is -2.17. The van der Waals surface area contributed by atoms with E-state index in [-0.39, 0.29) is 5.78 Å². The molecule has 0 aromatic heterocycles. The molecule has 0 heterocycles. The predicted molar refractivity (Wildman–Crippen MR) is 85.2 cm³/mol. The first-order chi connectivity index (χ1) is 9.50. The normalized spacial score (nSPS) is 15.7. The van der Waals surface area contributed by atoms with Gasteiger partial charge in [0.15, 0.2) is 5.78 Å². The molecule has 0 atom stereocenters. The molecule has 1 aliphatic carbocycles. The number of nitrogens with one attached hydrogen (secondary N) is 1. The van der Waals surface area contributed by atoms with Crippen LogP contribution in [0, 0.1) is 0 Å². The first kappa shape index (κ1) is 14.8. The Morgan fingerprint density at radius 3 is 2.15 bits per heavy atom. The van der Waals surface area contributed by atoms with E-state index in [2.05, 4.69) is 51.2 Å². The molecule has 2 heteroatoms. The zero-order valence-electron chi connectivity index (χ0n) is 13.0. The van der Waals surface area contributed by atoms with Gasteiger partial charge in [-0.15, -0.1) is 0 Å². The SMILES string of the molecule is CC(C)c1cccc(C(C)C)c1NC1=CCCCC1=O. The van der Waals surface area contributed by atoms with E-state index in [1.54, 1.807) is 0 Å². The first-order valence-electron chi connectivity index (χ1n) is 7.64. The molecule has 0 radical (unpaired) electrons. The summed E-state index contributed by atoms with van der Waals surface area (Å²) in [7, 11) is 0. The van der Waals surface area contributed by atoms with Crippen LogP contribution in [-0.4, -0.2) is 5.78 Å². The van der Waals surface area contributed by atoms with Crippen LogP contribution in [0.4, 0.5) is 5.69 Å². The van der Waals surface area contributed by atoms with Gasteiger partial charge in [-0.05, 0) is 35.8 Å². The molecule has 108 valence electrons. The van der Waals surface area contributed by atoms with Crippen LogP contribution in [0.1, 0.15) is 69.9 Å². The zero-order chi connectivity index (χ0) is 14.7. The molecule has 0 amide bonds. The van der Waals surface area contributed by atoms with E-state index < -0.39 is 0 Å². The Bertz CT molecular complexity index is 500. The molecule has 0 aliphatic heterocycles. The molecular formula is C18H25NO. The third kappa shape index (κ3) is 3.12. The third-order valence-electron chi connectivity index (χ3n) is 3.89. The summed E-state index contributed by atoms with van der Waals surface area (Å²) in [5.41, 5.74) is 4.50. The molecule has 1 aromatic carbocycles. The molecule has 0 saturated heterocycles. The Balaban J connectivity index is 2.42. The van der Waals surface area contributed by atoms with Crippen molar-refractivity contribution in [3.63, 3.8) is 0 Å². The summed E-state index contributed by atoms with van der Waals surface area (Å²) in [5, 5.41) is 3.44. The Labute approximate surface area is 122 Å². The minimum atomic E-state index is 0.240. The highest BCUT2D eigenvalue weighted by Crippen LogP contribution is 2.34. The molecule has 0 unspecified atom stereocenters. The summed E-state index contributed by atoms with van der Waals surface area (Å²) in [4.78, 5) is 12.0. The summed E-state index contributed by atoms with van der Waals surface area (Å²) >= 11 is 0. The second-order valence-corrected chi connectivity index (χ2v) is 6.18. The maximum atomic E-state index is 12.0. The molecule has 2 rings (SSSR count). The van der Waals surface area contributed by atoms with Crippen molar-refractivity contribution < 1.29 is 4.79 Å². The number of carbonyl (C=O) groups is 1. The number of hydrogen-bond acceptors (Lipinski definition) is 2. The Kier molecular flexibility index (Phi) is 4.64.